The third-order valence-corrected chi connectivity index (χ3v) is 7.51. The number of phenols is 1. The van der Waals surface area contributed by atoms with Crippen LogP contribution in [0, 0.1) is 17.8 Å². The van der Waals surface area contributed by atoms with E-state index < -0.39 is 56.0 Å². The quantitative estimate of drug-likeness (QED) is 0.160. The van der Waals surface area contributed by atoms with Gasteiger partial charge in [-0.05, 0) is 61.0 Å². The van der Waals surface area contributed by atoms with Gasteiger partial charge in [-0.2, -0.15) is 0 Å². The molecule has 10 heteroatoms. The number of carbonyl (C=O) groups excluding carboxylic acids is 2. The fourth-order valence-corrected chi connectivity index (χ4v) is 5.65. The number of phenolic OH excluding ortho intramolecular Hbond substituents is 1. The summed E-state index contributed by atoms with van der Waals surface area (Å²) in [6.45, 7) is 0.952. The second-order valence-electron chi connectivity index (χ2n) is 9.93. The minimum Gasteiger partial charge on any atom is -0.507 e. The largest absolute Gasteiger partial charge is 0.507 e. The Morgan fingerprint density at radius 3 is 2.50 bits per heavy atom. The number of fused-ring (bicyclic) bond motifs is 1. The lowest BCUT2D eigenvalue weighted by molar-refractivity contribution is -0.123. The smallest absolute Gasteiger partial charge is 0.488 e. The van der Waals surface area contributed by atoms with Gasteiger partial charge in [-0.25, -0.2) is 0 Å². The highest BCUT2D eigenvalue weighted by molar-refractivity contribution is 6.58. The molecule has 38 heavy (non-hydrogen) atoms. The van der Waals surface area contributed by atoms with Crippen molar-refractivity contribution in [2.24, 2.45) is 17.8 Å². The number of allylic oxidation sites excluding steroid dienone is 1. The van der Waals surface area contributed by atoms with E-state index in [2.05, 4.69) is 0 Å². The minimum absolute atomic E-state index is 0.0696. The van der Waals surface area contributed by atoms with Crippen LogP contribution in [0.2, 0.25) is 0 Å². The summed E-state index contributed by atoms with van der Waals surface area (Å²) < 4.78 is 0. The standard InChI is InChI=1S/C28H32BNO8/c1-16(11-17-5-2-3-8-23(17)33)9-10-24(34)25-18(14-31)12-21-26(22(25)15-32)28(36)30(27(21)35)20-7-4-6-19(13-20)29(37)38/h2-8,11,13,21-22,24,26,31-34,37-38H,9-10,12,14-15H2,1H3/b16-11+/t21-,22+,24-,26-/m1/s1. The van der Waals surface area contributed by atoms with Gasteiger partial charge in [0.1, 0.15) is 5.75 Å². The van der Waals surface area contributed by atoms with Gasteiger partial charge in [-0.3, -0.25) is 14.5 Å². The van der Waals surface area contributed by atoms with Gasteiger partial charge < -0.3 is 30.5 Å². The average molecular weight is 521 g/mol. The third-order valence-electron chi connectivity index (χ3n) is 7.51. The van der Waals surface area contributed by atoms with Gasteiger partial charge in [0.25, 0.3) is 0 Å². The topological polar surface area (TPSA) is 159 Å². The molecule has 200 valence electrons. The molecule has 0 saturated carbocycles. The van der Waals surface area contributed by atoms with Gasteiger partial charge in [-0.15, -0.1) is 0 Å². The molecule has 2 aromatic rings. The zero-order valence-electron chi connectivity index (χ0n) is 21.1. The summed E-state index contributed by atoms with van der Waals surface area (Å²) in [7, 11) is -1.78. The van der Waals surface area contributed by atoms with Crippen molar-refractivity contribution in [2.45, 2.75) is 32.3 Å². The van der Waals surface area contributed by atoms with Crippen LogP contribution in [0.15, 0.2) is 65.3 Å². The van der Waals surface area contributed by atoms with Crippen molar-refractivity contribution in [1.82, 2.24) is 0 Å². The van der Waals surface area contributed by atoms with Gasteiger partial charge >= 0.3 is 7.12 Å². The Morgan fingerprint density at radius 1 is 1.11 bits per heavy atom. The molecule has 1 saturated heterocycles. The zero-order valence-corrected chi connectivity index (χ0v) is 21.1. The van der Waals surface area contributed by atoms with E-state index in [-0.39, 0.29) is 29.7 Å². The normalized spacial score (nSPS) is 22.6. The van der Waals surface area contributed by atoms with Crippen molar-refractivity contribution < 1.29 is 40.1 Å². The van der Waals surface area contributed by atoms with Gasteiger partial charge in [0.2, 0.25) is 11.8 Å². The summed E-state index contributed by atoms with van der Waals surface area (Å²) in [5, 5.41) is 60.7. The molecule has 1 heterocycles. The fourth-order valence-electron chi connectivity index (χ4n) is 5.65. The summed E-state index contributed by atoms with van der Waals surface area (Å²) >= 11 is 0. The first-order valence-electron chi connectivity index (χ1n) is 12.6. The molecule has 1 aliphatic carbocycles. The highest BCUT2D eigenvalue weighted by atomic mass is 16.4. The van der Waals surface area contributed by atoms with Crippen LogP contribution in [0.5, 0.6) is 5.75 Å². The molecule has 6 N–H and O–H groups in total. The molecule has 0 spiro atoms. The second-order valence-corrected chi connectivity index (χ2v) is 9.93. The molecule has 2 aromatic carbocycles. The molecule has 0 aromatic heterocycles. The molecule has 4 rings (SSSR count). The van der Waals surface area contributed by atoms with E-state index in [0.29, 0.717) is 23.1 Å². The zero-order chi connectivity index (χ0) is 27.6. The number of aliphatic hydroxyl groups excluding tert-OH is 3. The predicted molar refractivity (Wildman–Crippen MR) is 142 cm³/mol. The van der Waals surface area contributed by atoms with Crippen molar-refractivity contribution in [2.75, 3.05) is 18.1 Å². The Kier molecular flexibility index (Phi) is 8.49. The Hall–Kier alpha value is -3.28. The van der Waals surface area contributed by atoms with Gasteiger partial charge in [0.15, 0.2) is 0 Å². The summed E-state index contributed by atoms with van der Waals surface area (Å²) in [4.78, 5) is 27.9. The number of hydrogen-bond donors (Lipinski definition) is 6. The lowest BCUT2D eigenvalue weighted by Gasteiger charge is -2.36. The molecule has 0 bridgehead atoms. The van der Waals surface area contributed by atoms with Crippen LogP contribution in [-0.4, -0.2) is 68.7 Å². The maximum atomic E-state index is 13.5. The lowest BCUT2D eigenvalue weighted by Crippen LogP contribution is -2.39. The average Bonchev–Trinajstić information content (AvgIpc) is 3.16. The number of carbonyl (C=O) groups is 2. The van der Waals surface area contributed by atoms with Crippen LogP contribution in [0.25, 0.3) is 6.08 Å². The van der Waals surface area contributed by atoms with E-state index >= 15 is 0 Å². The second kappa shape index (κ2) is 11.6. The fraction of sp³-hybridized carbons (Fsp3) is 0.357. The van der Waals surface area contributed by atoms with Crippen LogP contribution in [0.4, 0.5) is 5.69 Å². The highest BCUT2D eigenvalue weighted by Gasteiger charge is 2.55. The van der Waals surface area contributed by atoms with Gasteiger partial charge in [-0.1, -0.05) is 42.0 Å². The van der Waals surface area contributed by atoms with E-state index in [1.54, 1.807) is 18.2 Å². The van der Waals surface area contributed by atoms with Crippen LogP contribution in [-0.2, 0) is 9.59 Å². The van der Waals surface area contributed by atoms with Crippen molar-refractivity contribution in [3.05, 3.63) is 70.8 Å². The third kappa shape index (κ3) is 5.31. The number of hydrogen-bond acceptors (Lipinski definition) is 8. The number of amides is 2. The number of anilines is 1. The number of aliphatic hydroxyl groups is 3. The number of nitrogens with zero attached hydrogens (tertiary/aromatic N) is 1. The molecular formula is C28H32BNO8. The predicted octanol–water partition coefficient (Wildman–Crippen LogP) is 0.723. The Bertz CT molecular complexity index is 1270. The molecular weight excluding hydrogens is 489 g/mol. The Balaban J connectivity index is 1.58. The molecule has 1 aliphatic heterocycles. The number of para-hydroxylation sites is 1. The van der Waals surface area contributed by atoms with Crippen LogP contribution in [0.1, 0.15) is 31.7 Å². The van der Waals surface area contributed by atoms with E-state index in [1.165, 1.54) is 24.3 Å². The van der Waals surface area contributed by atoms with E-state index in [9.17, 15) is 40.1 Å². The maximum absolute atomic E-state index is 13.5. The number of rotatable bonds is 9. The van der Waals surface area contributed by atoms with Crippen LogP contribution < -0.4 is 10.4 Å². The SMILES string of the molecule is C/C(=C\c1ccccc1O)CC[C@@H](O)C1=C(CO)C[C@H]2C(=O)N(c3cccc(B(O)O)c3)C(=O)[C@H]2[C@H]1CO. The number of aromatic hydroxyl groups is 1. The van der Waals surface area contributed by atoms with Gasteiger partial charge in [0.05, 0.1) is 36.8 Å². The molecule has 1 fully saturated rings. The summed E-state index contributed by atoms with van der Waals surface area (Å²) in [6.07, 6.45) is 1.54. The maximum Gasteiger partial charge on any atom is 0.488 e. The van der Waals surface area contributed by atoms with Crippen molar-refractivity contribution >= 4 is 36.2 Å². The van der Waals surface area contributed by atoms with E-state index in [1.807, 2.05) is 19.1 Å². The summed E-state index contributed by atoms with van der Waals surface area (Å²) in [5.74, 6) is -3.49. The highest BCUT2D eigenvalue weighted by Crippen LogP contribution is 2.47. The molecule has 0 unspecified atom stereocenters. The first kappa shape index (κ1) is 27.8. The lowest BCUT2D eigenvalue weighted by atomic mass is 9.68. The van der Waals surface area contributed by atoms with Crippen LogP contribution >= 0.6 is 0 Å². The van der Waals surface area contributed by atoms with E-state index in [4.69, 9.17) is 0 Å². The van der Waals surface area contributed by atoms with Crippen molar-refractivity contribution in [3.8, 4) is 5.75 Å². The van der Waals surface area contributed by atoms with Gasteiger partial charge in [0, 0.05) is 11.5 Å². The number of imide groups is 1. The molecule has 2 amide bonds. The minimum atomic E-state index is -1.78. The Labute approximate surface area is 221 Å². The molecule has 4 atom stereocenters. The first-order valence-corrected chi connectivity index (χ1v) is 12.6. The first-order chi connectivity index (χ1) is 18.2. The summed E-state index contributed by atoms with van der Waals surface area (Å²) in [6, 6.07) is 12.7. The molecule has 9 nitrogen and oxygen atoms in total. The monoisotopic (exact) mass is 521 g/mol. The van der Waals surface area contributed by atoms with Crippen LogP contribution in [0.3, 0.4) is 0 Å². The van der Waals surface area contributed by atoms with Crippen molar-refractivity contribution in [1.29, 1.82) is 0 Å². The number of benzene rings is 2. The van der Waals surface area contributed by atoms with Crippen molar-refractivity contribution in [3.63, 3.8) is 0 Å². The molecule has 2 aliphatic rings. The molecule has 0 radical (unpaired) electrons. The summed E-state index contributed by atoms with van der Waals surface area (Å²) in [5.41, 5.74) is 2.67. The Morgan fingerprint density at radius 2 is 1.84 bits per heavy atom. The van der Waals surface area contributed by atoms with E-state index in [0.717, 1.165) is 10.5 Å².